The quantitative estimate of drug-likeness (QED) is 0.806. The summed E-state index contributed by atoms with van der Waals surface area (Å²) in [5.41, 5.74) is 0.343. The molecule has 4 heteroatoms. The Labute approximate surface area is 115 Å². The Balaban J connectivity index is 2.25. The fourth-order valence-electron chi connectivity index (χ4n) is 2.92. The van der Waals surface area contributed by atoms with E-state index >= 15 is 0 Å². The molecule has 1 heterocycles. The first-order valence-corrected chi connectivity index (χ1v) is 7.29. The molecule has 0 N–H and O–H groups in total. The van der Waals surface area contributed by atoms with Crippen LogP contribution < -0.4 is 0 Å². The molecule has 0 spiro atoms. The highest BCUT2D eigenvalue weighted by molar-refractivity contribution is 6.28. The van der Waals surface area contributed by atoms with E-state index in [1.165, 1.54) is 32.1 Å². The van der Waals surface area contributed by atoms with E-state index in [0.717, 1.165) is 12.4 Å². The zero-order valence-electron chi connectivity index (χ0n) is 12.0. The molecule has 0 aliphatic heterocycles. The molecule has 2 rings (SSSR count). The van der Waals surface area contributed by atoms with E-state index in [9.17, 15) is 0 Å². The van der Waals surface area contributed by atoms with Crippen molar-refractivity contribution in [2.24, 2.45) is 5.41 Å². The summed E-state index contributed by atoms with van der Waals surface area (Å²) in [4.78, 5) is 0. The van der Waals surface area contributed by atoms with E-state index < -0.39 is 0 Å². The SMILES string of the molecule is CC1(Cn2c(Cl)nnc2C(C)(C)C)CCCCC1. The third-order valence-corrected chi connectivity index (χ3v) is 4.26. The first-order valence-electron chi connectivity index (χ1n) is 6.91. The lowest BCUT2D eigenvalue weighted by Gasteiger charge is -2.35. The van der Waals surface area contributed by atoms with Gasteiger partial charge in [-0.3, -0.25) is 0 Å². The molecule has 0 radical (unpaired) electrons. The van der Waals surface area contributed by atoms with E-state index in [1.807, 2.05) is 0 Å². The molecule has 1 aliphatic carbocycles. The second kappa shape index (κ2) is 4.84. The highest BCUT2D eigenvalue weighted by Crippen LogP contribution is 2.38. The first-order chi connectivity index (χ1) is 8.32. The van der Waals surface area contributed by atoms with E-state index in [1.54, 1.807) is 0 Å². The summed E-state index contributed by atoms with van der Waals surface area (Å²) in [5, 5.41) is 8.86. The maximum absolute atomic E-state index is 6.22. The van der Waals surface area contributed by atoms with Crippen LogP contribution in [0.4, 0.5) is 0 Å². The smallest absolute Gasteiger partial charge is 0.225 e. The molecule has 102 valence electrons. The molecule has 0 amide bonds. The van der Waals surface area contributed by atoms with Crippen molar-refractivity contribution in [3.8, 4) is 0 Å². The summed E-state index contributed by atoms with van der Waals surface area (Å²) in [6.45, 7) is 9.80. The van der Waals surface area contributed by atoms with Gasteiger partial charge < -0.3 is 4.57 Å². The highest BCUT2D eigenvalue weighted by Gasteiger charge is 2.31. The van der Waals surface area contributed by atoms with Crippen LogP contribution in [-0.4, -0.2) is 14.8 Å². The van der Waals surface area contributed by atoms with Crippen LogP contribution in [0.2, 0.25) is 5.28 Å². The van der Waals surface area contributed by atoms with Gasteiger partial charge in [-0.1, -0.05) is 47.0 Å². The number of nitrogens with zero attached hydrogens (tertiary/aromatic N) is 3. The van der Waals surface area contributed by atoms with Crippen LogP contribution in [0.25, 0.3) is 0 Å². The Morgan fingerprint density at radius 2 is 1.78 bits per heavy atom. The lowest BCUT2D eigenvalue weighted by atomic mass is 9.75. The third-order valence-electron chi connectivity index (χ3n) is 3.98. The van der Waals surface area contributed by atoms with Crippen LogP contribution in [0.1, 0.15) is 65.6 Å². The van der Waals surface area contributed by atoms with Crippen molar-refractivity contribution in [1.29, 1.82) is 0 Å². The second-order valence-electron chi connectivity index (χ2n) is 7.00. The number of hydrogen-bond donors (Lipinski definition) is 0. The van der Waals surface area contributed by atoms with Gasteiger partial charge in [0.05, 0.1) is 0 Å². The van der Waals surface area contributed by atoms with Crippen LogP contribution in [0.3, 0.4) is 0 Å². The minimum absolute atomic E-state index is 0.00876. The Morgan fingerprint density at radius 1 is 1.17 bits per heavy atom. The molecule has 0 aromatic carbocycles. The molecule has 1 saturated carbocycles. The van der Waals surface area contributed by atoms with Gasteiger partial charge in [-0.15, -0.1) is 10.2 Å². The molecule has 1 aromatic heterocycles. The maximum atomic E-state index is 6.22. The van der Waals surface area contributed by atoms with E-state index in [-0.39, 0.29) is 5.41 Å². The highest BCUT2D eigenvalue weighted by atomic mass is 35.5. The zero-order chi connectivity index (χ0) is 13.4. The van der Waals surface area contributed by atoms with Gasteiger partial charge in [-0.25, -0.2) is 0 Å². The monoisotopic (exact) mass is 269 g/mol. The molecule has 1 fully saturated rings. The molecule has 0 unspecified atom stereocenters. The van der Waals surface area contributed by atoms with Crippen LogP contribution in [0.5, 0.6) is 0 Å². The second-order valence-corrected chi connectivity index (χ2v) is 7.34. The van der Waals surface area contributed by atoms with Crippen molar-refractivity contribution in [3.05, 3.63) is 11.1 Å². The number of hydrogen-bond acceptors (Lipinski definition) is 2. The van der Waals surface area contributed by atoms with Crippen molar-refractivity contribution in [2.45, 2.75) is 71.8 Å². The molecule has 0 bridgehead atoms. The summed E-state index contributed by atoms with van der Waals surface area (Å²) in [5.74, 6) is 0.999. The Morgan fingerprint density at radius 3 is 2.33 bits per heavy atom. The number of rotatable bonds is 2. The molecule has 1 aromatic rings. The summed E-state index contributed by atoms with van der Waals surface area (Å²) in [7, 11) is 0. The molecule has 3 nitrogen and oxygen atoms in total. The normalized spacial score (nSPS) is 20.1. The van der Waals surface area contributed by atoms with E-state index in [0.29, 0.717) is 10.7 Å². The van der Waals surface area contributed by atoms with Crippen LogP contribution in [0, 0.1) is 5.41 Å². The lowest BCUT2D eigenvalue weighted by molar-refractivity contribution is 0.179. The van der Waals surface area contributed by atoms with E-state index in [2.05, 4.69) is 42.5 Å². The van der Waals surface area contributed by atoms with Crippen molar-refractivity contribution in [3.63, 3.8) is 0 Å². The number of aromatic nitrogens is 3. The Kier molecular flexibility index (Phi) is 3.72. The fourth-order valence-corrected chi connectivity index (χ4v) is 3.10. The van der Waals surface area contributed by atoms with Crippen LogP contribution in [-0.2, 0) is 12.0 Å². The van der Waals surface area contributed by atoms with Crippen molar-refractivity contribution in [2.75, 3.05) is 0 Å². The van der Waals surface area contributed by atoms with Gasteiger partial charge in [0.15, 0.2) is 0 Å². The minimum atomic E-state index is -0.00876. The van der Waals surface area contributed by atoms with Gasteiger partial charge in [0.2, 0.25) is 5.28 Å². The Bertz CT molecular complexity index is 411. The summed E-state index contributed by atoms with van der Waals surface area (Å²) < 4.78 is 2.12. The van der Waals surface area contributed by atoms with Crippen molar-refractivity contribution in [1.82, 2.24) is 14.8 Å². The lowest BCUT2D eigenvalue weighted by Crippen LogP contribution is -2.29. The standard InChI is InChI=1S/C14H24ClN3/c1-13(2,3)11-16-17-12(15)18(11)10-14(4)8-6-5-7-9-14/h5-10H2,1-4H3. The molecule has 0 saturated heterocycles. The first kappa shape index (κ1) is 13.9. The van der Waals surface area contributed by atoms with E-state index in [4.69, 9.17) is 11.6 Å². The van der Waals surface area contributed by atoms with Gasteiger partial charge in [0, 0.05) is 12.0 Å². The largest absolute Gasteiger partial charge is 0.301 e. The predicted molar refractivity (Wildman–Crippen MR) is 74.9 cm³/mol. The fraction of sp³-hybridized carbons (Fsp3) is 0.857. The summed E-state index contributed by atoms with van der Waals surface area (Å²) in [6.07, 6.45) is 6.61. The van der Waals surface area contributed by atoms with Gasteiger partial charge in [-0.2, -0.15) is 0 Å². The van der Waals surface area contributed by atoms with Gasteiger partial charge in [-0.05, 0) is 29.9 Å². The molecule has 1 aliphatic rings. The minimum Gasteiger partial charge on any atom is -0.301 e. The summed E-state index contributed by atoms with van der Waals surface area (Å²) >= 11 is 6.22. The summed E-state index contributed by atoms with van der Waals surface area (Å²) in [6, 6.07) is 0. The predicted octanol–water partition coefficient (Wildman–Crippen LogP) is 4.20. The van der Waals surface area contributed by atoms with Gasteiger partial charge >= 0.3 is 0 Å². The zero-order valence-corrected chi connectivity index (χ0v) is 12.7. The van der Waals surface area contributed by atoms with Crippen molar-refractivity contribution >= 4 is 11.6 Å². The van der Waals surface area contributed by atoms with Gasteiger partial charge in [0.1, 0.15) is 5.82 Å². The molecular formula is C14H24ClN3. The average molecular weight is 270 g/mol. The van der Waals surface area contributed by atoms with Crippen LogP contribution >= 0.6 is 11.6 Å². The molecule has 18 heavy (non-hydrogen) atoms. The topological polar surface area (TPSA) is 30.7 Å². The maximum Gasteiger partial charge on any atom is 0.225 e. The third kappa shape index (κ3) is 2.87. The van der Waals surface area contributed by atoms with Crippen LogP contribution in [0.15, 0.2) is 0 Å². The average Bonchev–Trinajstić information content (AvgIpc) is 2.60. The Hall–Kier alpha value is -0.570. The molecular weight excluding hydrogens is 246 g/mol. The van der Waals surface area contributed by atoms with Crippen molar-refractivity contribution < 1.29 is 0 Å². The van der Waals surface area contributed by atoms with Gasteiger partial charge in [0.25, 0.3) is 0 Å². The molecule has 0 atom stereocenters. The number of halogens is 1.